The SMILES string of the molecule is COc1ccc(CCNC(N)=O)cc1C(C)(C)C. The van der Waals surface area contributed by atoms with Crippen molar-refractivity contribution < 1.29 is 9.53 Å². The zero-order valence-electron chi connectivity index (χ0n) is 11.5. The molecule has 1 rings (SSSR count). The Morgan fingerprint density at radius 1 is 1.39 bits per heavy atom. The minimum atomic E-state index is -0.487. The van der Waals surface area contributed by atoms with Gasteiger partial charge in [-0.05, 0) is 29.0 Å². The molecule has 0 saturated carbocycles. The fourth-order valence-electron chi connectivity index (χ4n) is 1.83. The lowest BCUT2D eigenvalue weighted by Crippen LogP contribution is -2.31. The molecule has 4 heteroatoms. The summed E-state index contributed by atoms with van der Waals surface area (Å²) in [6.07, 6.45) is 0.760. The monoisotopic (exact) mass is 250 g/mol. The first kappa shape index (κ1) is 14.4. The lowest BCUT2D eigenvalue weighted by atomic mass is 9.85. The maximum atomic E-state index is 10.6. The number of carbonyl (C=O) groups is 1. The van der Waals surface area contributed by atoms with Gasteiger partial charge in [-0.25, -0.2) is 4.79 Å². The van der Waals surface area contributed by atoms with Gasteiger partial charge in [0, 0.05) is 6.54 Å². The maximum absolute atomic E-state index is 10.6. The Bertz CT molecular complexity index is 422. The molecule has 0 heterocycles. The lowest BCUT2D eigenvalue weighted by molar-refractivity contribution is 0.249. The first-order valence-corrected chi connectivity index (χ1v) is 6.05. The average Bonchev–Trinajstić information content (AvgIpc) is 2.27. The summed E-state index contributed by atoms with van der Waals surface area (Å²) in [5.74, 6) is 0.897. The molecule has 0 aromatic heterocycles. The number of rotatable bonds is 4. The van der Waals surface area contributed by atoms with Crippen LogP contribution in [-0.4, -0.2) is 19.7 Å². The molecular formula is C14H22N2O2. The summed E-state index contributed by atoms with van der Waals surface area (Å²) in [6.45, 7) is 6.99. The van der Waals surface area contributed by atoms with E-state index in [1.54, 1.807) is 7.11 Å². The number of carbonyl (C=O) groups excluding carboxylic acids is 1. The fourth-order valence-corrected chi connectivity index (χ4v) is 1.83. The molecule has 0 aliphatic heterocycles. The highest BCUT2D eigenvalue weighted by Crippen LogP contribution is 2.31. The van der Waals surface area contributed by atoms with Crippen LogP contribution in [0, 0.1) is 0 Å². The van der Waals surface area contributed by atoms with Gasteiger partial charge >= 0.3 is 6.03 Å². The zero-order valence-corrected chi connectivity index (χ0v) is 11.5. The van der Waals surface area contributed by atoms with Crippen LogP contribution < -0.4 is 15.8 Å². The van der Waals surface area contributed by atoms with Gasteiger partial charge in [0.1, 0.15) is 5.75 Å². The number of hydrogen-bond donors (Lipinski definition) is 2. The second-order valence-electron chi connectivity index (χ2n) is 5.33. The Morgan fingerprint density at radius 3 is 2.56 bits per heavy atom. The van der Waals surface area contributed by atoms with E-state index in [9.17, 15) is 4.79 Å². The first-order chi connectivity index (χ1) is 8.34. The quantitative estimate of drug-likeness (QED) is 0.860. The third kappa shape index (κ3) is 3.95. The van der Waals surface area contributed by atoms with E-state index in [-0.39, 0.29) is 5.41 Å². The van der Waals surface area contributed by atoms with Gasteiger partial charge < -0.3 is 15.8 Å². The van der Waals surface area contributed by atoms with Crippen LogP contribution in [0.2, 0.25) is 0 Å². The van der Waals surface area contributed by atoms with Gasteiger partial charge in [-0.3, -0.25) is 0 Å². The van der Waals surface area contributed by atoms with Gasteiger partial charge in [-0.1, -0.05) is 32.9 Å². The number of nitrogens with one attached hydrogen (secondary N) is 1. The first-order valence-electron chi connectivity index (χ1n) is 6.05. The largest absolute Gasteiger partial charge is 0.496 e. The van der Waals surface area contributed by atoms with Crippen molar-refractivity contribution in [3.8, 4) is 5.75 Å². The van der Waals surface area contributed by atoms with E-state index in [2.05, 4.69) is 32.2 Å². The normalized spacial score (nSPS) is 11.1. The minimum Gasteiger partial charge on any atom is -0.496 e. The van der Waals surface area contributed by atoms with Crippen molar-refractivity contribution in [1.82, 2.24) is 5.32 Å². The highest BCUT2D eigenvalue weighted by molar-refractivity contribution is 5.71. The van der Waals surface area contributed by atoms with Gasteiger partial charge in [-0.2, -0.15) is 0 Å². The van der Waals surface area contributed by atoms with Gasteiger partial charge in [-0.15, -0.1) is 0 Å². The van der Waals surface area contributed by atoms with E-state index in [0.29, 0.717) is 6.54 Å². The smallest absolute Gasteiger partial charge is 0.312 e. The van der Waals surface area contributed by atoms with Crippen molar-refractivity contribution in [1.29, 1.82) is 0 Å². The van der Waals surface area contributed by atoms with E-state index in [4.69, 9.17) is 10.5 Å². The molecule has 0 saturated heterocycles. The standard InChI is InChI=1S/C14H22N2O2/c1-14(2,3)11-9-10(5-6-12(11)18-4)7-8-16-13(15)17/h5-6,9H,7-8H2,1-4H3,(H3,15,16,17). The molecule has 0 aliphatic carbocycles. The van der Waals surface area contributed by atoms with Crippen molar-refractivity contribution in [2.45, 2.75) is 32.6 Å². The van der Waals surface area contributed by atoms with Crippen LogP contribution in [0.25, 0.3) is 0 Å². The second kappa shape index (κ2) is 5.76. The topological polar surface area (TPSA) is 64.3 Å². The highest BCUT2D eigenvalue weighted by Gasteiger charge is 2.19. The molecule has 0 fully saturated rings. The third-order valence-electron chi connectivity index (χ3n) is 2.78. The number of ether oxygens (including phenoxy) is 1. The fraction of sp³-hybridized carbons (Fsp3) is 0.500. The van der Waals surface area contributed by atoms with Crippen LogP contribution >= 0.6 is 0 Å². The molecule has 0 bridgehead atoms. The summed E-state index contributed by atoms with van der Waals surface area (Å²) in [6, 6.07) is 5.62. The number of primary amides is 1. The molecule has 3 N–H and O–H groups in total. The molecule has 4 nitrogen and oxygen atoms in total. The van der Waals surface area contributed by atoms with Crippen molar-refractivity contribution in [2.75, 3.05) is 13.7 Å². The second-order valence-corrected chi connectivity index (χ2v) is 5.33. The number of methoxy groups -OCH3 is 1. The molecule has 18 heavy (non-hydrogen) atoms. The number of amides is 2. The summed E-state index contributed by atoms with van der Waals surface area (Å²) in [5, 5.41) is 2.59. The summed E-state index contributed by atoms with van der Waals surface area (Å²) >= 11 is 0. The van der Waals surface area contributed by atoms with Crippen LogP contribution in [0.3, 0.4) is 0 Å². The number of urea groups is 1. The summed E-state index contributed by atoms with van der Waals surface area (Å²) in [4.78, 5) is 10.6. The molecule has 0 atom stereocenters. The average molecular weight is 250 g/mol. The van der Waals surface area contributed by atoms with Crippen molar-refractivity contribution in [2.24, 2.45) is 5.73 Å². The van der Waals surface area contributed by atoms with Gasteiger partial charge in [0.05, 0.1) is 7.11 Å². The molecule has 1 aromatic rings. The van der Waals surface area contributed by atoms with Gasteiger partial charge in [0.15, 0.2) is 0 Å². The van der Waals surface area contributed by atoms with E-state index in [1.807, 2.05) is 12.1 Å². The van der Waals surface area contributed by atoms with Crippen LogP contribution in [0.5, 0.6) is 5.75 Å². The molecular weight excluding hydrogens is 228 g/mol. The summed E-state index contributed by atoms with van der Waals surface area (Å²) < 4.78 is 5.38. The molecule has 0 aliphatic rings. The molecule has 1 aromatic carbocycles. The minimum absolute atomic E-state index is 0.0263. The number of hydrogen-bond acceptors (Lipinski definition) is 2. The predicted octanol–water partition coefficient (Wildman–Crippen LogP) is 2.20. The van der Waals surface area contributed by atoms with Gasteiger partial charge in [0.25, 0.3) is 0 Å². The number of benzene rings is 1. The lowest BCUT2D eigenvalue weighted by Gasteiger charge is -2.23. The van der Waals surface area contributed by atoms with E-state index < -0.39 is 6.03 Å². The van der Waals surface area contributed by atoms with Crippen molar-refractivity contribution in [3.05, 3.63) is 29.3 Å². The van der Waals surface area contributed by atoms with Crippen LogP contribution in [0.1, 0.15) is 31.9 Å². The Balaban J connectivity index is 2.86. The van der Waals surface area contributed by atoms with E-state index in [0.717, 1.165) is 17.7 Å². The Hall–Kier alpha value is -1.71. The Labute approximate surface area is 109 Å². The van der Waals surface area contributed by atoms with E-state index >= 15 is 0 Å². The molecule has 0 unspecified atom stereocenters. The van der Waals surface area contributed by atoms with Crippen molar-refractivity contribution in [3.63, 3.8) is 0 Å². The van der Waals surface area contributed by atoms with Crippen molar-refractivity contribution >= 4 is 6.03 Å². The Kier molecular flexibility index (Phi) is 4.59. The summed E-state index contributed by atoms with van der Waals surface area (Å²) in [5.41, 5.74) is 7.39. The molecule has 2 amide bonds. The van der Waals surface area contributed by atoms with Gasteiger partial charge in [0.2, 0.25) is 0 Å². The van der Waals surface area contributed by atoms with Crippen LogP contribution in [0.15, 0.2) is 18.2 Å². The molecule has 0 spiro atoms. The van der Waals surface area contributed by atoms with E-state index in [1.165, 1.54) is 5.56 Å². The predicted molar refractivity (Wildman–Crippen MR) is 73.0 cm³/mol. The Morgan fingerprint density at radius 2 is 2.06 bits per heavy atom. The zero-order chi connectivity index (χ0) is 13.8. The summed E-state index contributed by atoms with van der Waals surface area (Å²) in [7, 11) is 1.68. The van der Waals surface area contributed by atoms with Crippen LogP contribution in [0.4, 0.5) is 4.79 Å². The maximum Gasteiger partial charge on any atom is 0.312 e. The third-order valence-corrected chi connectivity index (χ3v) is 2.78. The number of nitrogens with two attached hydrogens (primary N) is 1. The van der Waals surface area contributed by atoms with Crippen LogP contribution in [-0.2, 0) is 11.8 Å². The molecule has 100 valence electrons. The highest BCUT2D eigenvalue weighted by atomic mass is 16.5. The molecule has 0 radical (unpaired) electrons.